The molecule has 0 spiro atoms. The molecule has 5 nitrogen and oxygen atoms in total. The number of thiocarbonyl (C=S) groups is 1. The van der Waals surface area contributed by atoms with E-state index >= 15 is 0 Å². The van der Waals surface area contributed by atoms with Crippen molar-refractivity contribution in [2.75, 3.05) is 11.9 Å². The lowest BCUT2D eigenvalue weighted by molar-refractivity contribution is 0.0992. The van der Waals surface area contributed by atoms with Crippen LogP contribution in [0.15, 0.2) is 30.5 Å². The predicted molar refractivity (Wildman–Crippen MR) is 78.4 cm³/mol. The minimum absolute atomic E-state index is 0.116. The fourth-order valence-corrected chi connectivity index (χ4v) is 1.85. The molecule has 0 aliphatic rings. The number of aryl methyl sites for hydroxylation is 1. The highest BCUT2D eigenvalue weighted by molar-refractivity contribution is 7.80. The largest absolute Gasteiger partial charge is 0.389 e. The van der Waals surface area contributed by atoms with Gasteiger partial charge < -0.3 is 10.6 Å². The number of nitrogens with one attached hydrogen (secondary N) is 1. The molecule has 1 aromatic carbocycles. The molecule has 2 rings (SSSR count). The Morgan fingerprint density at radius 2 is 2.00 bits per heavy atom. The van der Waals surface area contributed by atoms with Gasteiger partial charge in [0, 0.05) is 24.0 Å². The van der Waals surface area contributed by atoms with Gasteiger partial charge in [-0.05, 0) is 31.2 Å². The van der Waals surface area contributed by atoms with E-state index in [1.54, 1.807) is 24.1 Å². The minimum Gasteiger partial charge on any atom is -0.389 e. The molecule has 3 N–H and O–H groups in total. The lowest BCUT2D eigenvalue weighted by Gasteiger charge is -2.17. The Bertz CT molecular complexity index is 618. The van der Waals surface area contributed by atoms with E-state index in [1.165, 1.54) is 6.20 Å². The summed E-state index contributed by atoms with van der Waals surface area (Å²) in [6.45, 7) is 1.81. The summed E-state index contributed by atoms with van der Waals surface area (Å²) in [6, 6.07) is 7.21. The molecule has 1 amide bonds. The highest BCUT2D eigenvalue weighted by Gasteiger charge is 2.16. The van der Waals surface area contributed by atoms with Gasteiger partial charge in [-0.3, -0.25) is 9.89 Å². The Morgan fingerprint density at radius 3 is 2.47 bits per heavy atom. The number of amides is 1. The van der Waals surface area contributed by atoms with Crippen molar-refractivity contribution in [1.29, 1.82) is 0 Å². The van der Waals surface area contributed by atoms with Crippen LogP contribution in [-0.2, 0) is 0 Å². The number of H-pyrrole nitrogens is 1. The standard InChI is InChI=1S/C13H14N4OS/c1-8-11(7-15-16-8)13(18)17(2)10-5-3-9(4-6-10)12(14)19/h3-7H,1-2H3,(H2,14,19)(H,15,16). The van der Waals surface area contributed by atoms with Crippen LogP contribution in [0, 0.1) is 6.92 Å². The van der Waals surface area contributed by atoms with Crippen molar-refractivity contribution < 1.29 is 4.79 Å². The molecule has 0 unspecified atom stereocenters. The van der Waals surface area contributed by atoms with Crippen molar-refractivity contribution in [1.82, 2.24) is 10.2 Å². The first-order valence-corrected chi connectivity index (χ1v) is 6.09. The van der Waals surface area contributed by atoms with Crippen LogP contribution in [0.1, 0.15) is 21.6 Å². The third-order valence-electron chi connectivity index (χ3n) is 2.90. The first kappa shape index (κ1) is 13.2. The normalized spacial score (nSPS) is 10.2. The van der Waals surface area contributed by atoms with E-state index in [4.69, 9.17) is 18.0 Å². The average Bonchev–Trinajstić information content (AvgIpc) is 2.83. The number of carbonyl (C=O) groups excluding carboxylic acids is 1. The first-order chi connectivity index (χ1) is 9.00. The quantitative estimate of drug-likeness (QED) is 0.834. The maximum Gasteiger partial charge on any atom is 0.261 e. The lowest BCUT2D eigenvalue weighted by Crippen LogP contribution is -2.26. The summed E-state index contributed by atoms with van der Waals surface area (Å²) in [5, 5.41) is 6.60. The van der Waals surface area contributed by atoms with Gasteiger partial charge in [0.25, 0.3) is 5.91 Å². The Labute approximate surface area is 116 Å². The number of anilines is 1. The van der Waals surface area contributed by atoms with Crippen molar-refractivity contribution in [3.8, 4) is 0 Å². The van der Waals surface area contributed by atoms with Crippen molar-refractivity contribution in [2.24, 2.45) is 5.73 Å². The molecule has 98 valence electrons. The fourth-order valence-electron chi connectivity index (χ4n) is 1.71. The van der Waals surface area contributed by atoms with E-state index in [1.807, 2.05) is 19.1 Å². The van der Waals surface area contributed by atoms with Crippen LogP contribution in [0.2, 0.25) is 0 Å². The van der Waals surface area contributed by atoms with E-state index in [0.29, 0.717) is 10.6 Å². The fraction of sp³-hybridized carbons (Fsp3) is 0.154. The SMILES string of the molecule is Cc1[nH]ncc1C(=O)N(C)c1ccc(C(N)=S)cc1. The molecular formula is C13H14N4OS. The maximum absolute atomic E-state index is 12.3. The molecule has 0 radical (unpaired) electrons. The summed E-state index contributed by atoms with van der Waals surface area (Å²) >= 11 is 4.89. The molecule has 1 aromatic heterocycles. The Morgan fingerprint density at radius 1 is 1.37 bits per heavy atom. The first-order valence-electron chi connectivity index (χ1n) is 5.68. The number of hydrogen-bond donors (Lipinski definition) is 2. The third-order valence-corrected chi connectivity index (χ3v) is 3.14. The van der Waals surface area contributed by atoms with Crippen LogP contribution in [0.3, 0.4) is 0 Å². The second kappa shape index (κ2) is 5.19. The Balaban J connectivity index is 2.24. The zero-order chi connectivity index (χ0) is 14.0. The molecule has 19 heavy (non-hydrogen) atoms. The van der Waals surface area contributed by atoms with E-state index < -0.39 is 0 Å². The second-order valence-corrected chi connectivity index (χ2v) is 4.62. The number of aromatic nitrogens is 2. The van der Waals surface area contributed by atoms with Gasteiger partial charge in [0.05, 0.1) is 11.8 Å². The lowest BCUT2D eigenvalue weighted by atomic mass is 10.1. The van der Waals surface area contributed by atoms with Crippen LogP contribution in [0.25, 0.3) is 0 Å². The number of aromatic amines is 1. The van der Waals surface area contributed by atoms with Crippen molar-refractivity contribution in [3.05, 3.63) is 47.3 Å². The maximum atomic E-state index is 12.3. The van der Waals surface area contributed by atoms with Crippen molar-refractivity contribution in [3.63, 3.8) is 0 Å². The molecule has 6 heteroatoms. The zero-order valence-electron chi connectivity index (χ0n) is 10.7. The van der Waals surface area contributed by atoms with Gasteiger partial charge in [0.2, 0.25) is 0 Å². The van der Waals surface area contributed by atoms with Crippen molar-refractivity contribution in [2.45, 2.75) is 6.92 Å². The number of nitrogens with zero attached hydrogens (tertiary/aromatic N) is 2. The molecule has 0 saturated carbocycles. The Hall–Kier alpha value is -2.21. The van der Waals surface area contributed by atoms with E-state index in [0.717, 1.165) is 16.9 Å². The van der Waals surface area contributed by atoms with Crippen molar-refractivity contribution >= 4 is 28.8 Å². The summed E-state index contributed by atoms with van der Waals surface area (Å²) < 4.78 is 0. The van der Waals surface area contributed by atoms with Crippen LogP contribution in [-0.4, -0.2) is 28.1 Å². The second-order valence-electron chi connectivity index (χ2n) is 4.18. The van der Waals surface area contributed by atoms with Gasteiger partial charge in [-0.25, -0.2) is 0 Å². The molecule has 0 fully saturated rings. The van der Waals surface area contributed by atoms with Crippen LogP contribution < -0.4 is 10.6 Å². The summed E-state index contributed by atoms with van der Waals surface area (Å²) in [5.41, 5.74) is 8.38. The molecule has 1 heterocycles. The van der Waals surface area contributed by atoms with Gasteiger partial charge in [-0.15, -0.1) is 0 Å². The number of carbonyl (C=O) groups is 1. The summed E-state index contributed by atoms with van der Waals surface area (Å²) in [6.07, 6.45) is 1.53. The topological polar surface area (TPSA) is 75.0 Å². The van der Waals surface area contributed by atoms with Crippen LogP contribution in [0.4, 0.5) is 5.69 Å². The zero-order valence-corrected chi connectivity index (χ0v) is 11.5. The smallest absolute Gasteiger partial charge is 0.261 e. The number of rotatable bonds is 3. The monoisotopic (exact) mass is 274 g/mol. The van der Waals surface area contributed by atoms with Gasteiger partial charge in [-0.1, -0.05) is 12.2 Å². The number of benzene rings is 1. The average molecular weight is 274 g/mol. The third kappa shape index (κ3) is 2.63. The van der Waals surface area contributed by atoms with Crippen LogP contribution >= 0.6 is 12.2 Å². The summed E-state index contributed by atoms with van der Waals surface area (Å²) in [7, 11) is 1.71. The van der Waals surface area contributed by atoms with Gasteiger partial charge in [0.1, 0.15) is 4.99 Å². The van der Waals surface area contributed by atoms with Gasteiger partial charge in [0.15, 0.2) is 0 Å². The predicted octanol–water partition coefficient (Wildman–Crippen LogP) is 1.63. The molecule has 2 aromatic rings. The Kier molecular flexibility index (Phi) is 3.62. The summed E-state index contributed by atoms with van der Waals surface area (Å²) in [5.74, 6) is -0.116. The molecule has 0 atom stereocenters. The van der Waals surface area contributed by atoms with E-state index in [-0.39, 0.29) is 5.91 Å². The molecule has 0 saturated heterocycles. The van der Waals surface area contributed by atoms with E-state index in [9.17, 15) is 4.79 Å². The van der Waals surface area contributed by atoms with Crippen LogP contribution in [0.5, 0.6) is 0 Å². The minimum atomic E-state index is -0.116. The molecule has 0 aliphatic heterocycles. The molecule has 0 bridgehead atoms. The highest BCUT2D eigenvalue weighted by atomic mass is 32.1. The number of nitrogens with two attached hydrogens (primary N) is 1. The highest BCUT2D eigenvalue weighted by Crippen LogP contribution is 2.17. The van der Waals surface area contributed by atoms with Gasteiger partial charge >= 0.3 is 0 Å². The molecular weight excluding hydrogens is 260 g/mol. The number of hydrogen-bond acceptors (Lipinski definition) is 3. The van der Waals surface area contributed by atoms with Gasteiger partial charge in [-0.2, -0.15) is 5.10 Å². The summed E-state index contributed by atoms with van der Waals surface area (Å²) in [4.78, 5) is 14.2. The van der Waals surface area contributed by atoms with E-state index in [2.05, 4.69) is 10.2 Å². The molecule has 0 aliphatic carbocycles.